The Morgan fingerprint density at radius 1 is 0.976 bits per heavy atom. The summed E-state index contributed by atoms with van der Waals surface area (Å²) in [7, 11) is 0. The van der Waals surface area contributed by atoms with Crippen molar-refractivity contribution in [2.45, 2.75) is 13.5 Å². The Bertz CT molecular complexity index is 1660. The minimum Gasteiger partial charge on any atom is -0.489 e. The molecule has 2 N–H and O–H groups in total. The molecule has 204 valence electrons. The number of ether oxygens (including phenoxy) is 1. The first-order chi connectivity index (χ1) is 19.9. The standard InChI is InChI=1S/C31H25N5O4S/c1-21-2-12-26(13-3-21)33-31-34-29(20-41-31)24-8-10-25(11-9-24)30(37)35-32-18-22-6-16-28(17-7-22)40-19-23-4-14-27(15-5-23)36(38)39/h2-18,20H,19H2,1H3,(H,33,34)(H,35,37)/b32-18-. The lowest BCUT2D eigenvalue weighted by molar-refractivity contribution is -0.384. The van der Waals surface area contributed by atoms with E-state index < -0.39 is 4.92 Å². The summed E-state index contributed by atoms with van der Waals surface area (Å²) in [5.74, 6) is 0.318. The number of rotatable bonds is 10. The number of nitro benzene ring substituents is 1. The third-order valence-electron chi connectivity index (χ3n) is 6.06. The monoisotopic (exact) mass is 563 g/mol. The molecule has 5 aromatic rings. The summed E-state index contributed by atoms with van der Waals surface area (Å²) in [5, 5.41) is 20.9. The van der Waals surface area contributed by atoms with Crippen LogP contribution in [-0.2, 0) is 6.61 Å². The van der Waals surface area contributed by atoms with Gasteiger partial charge in [-0.3, -0.25) is 14.9 Å². The average molecular weight is 564 g/mol. The molecule has 0 bridgehead atoms. The maximum absolute atomic E-state index is 12.5. The Morgan fingerprint density at radius 2 is 1.68 bits per heavy atom. The number of nitro groups is 1. The minimum absolute atomic E-state index is 0.0400. The third kappa shape index (κ3) is 7.40. The van der Waals surface area contributed by atoms with Gasteiger partial charge in [0.25, 0.3) is 11.6 Å². The summed E-state index contributed by atoms with van der Waals surface area (Å²) in [5.41, 5.74) is 8.58. The number of anilines is 2. The number of thiazole rings is 1. The number of carbonyl (C=O) groups excluding carboxylic acids is 1. The molecule has 0 aliphatic carbocycles. The van der Waals surface area contributed by atoms with E-state index in [2.05, 4.69) is 20.8 Å². The summed E-state index contributed by atoms with van der Waals surface area (Å²) in [4.78, 5) is 27.5. The fourth-order valence-corrected chi connectivity index (χ4v) is 4.52. The van der Waals surface area contributed by atoms with Gasteiger partial charge in [-0.05, 0) is 78.7 Å². The first-order valence-corrected chi connectivity index (χ1v) is 13.5. The number of aryl methyl sites for hydroxylation is 1. The quantitative estimate of drug-likeness (QED) is 0.106. The number of amides is 1. The van der Waals surface area contributed by atoms with E-state index in [1.54, 1.807) is 42.6 Å². The number of nitrogens with one attached hydrogen (secondary N) is 2. The van der Waals surface area contributed by atoms with Crippen molar-refractivity contribution in [1.82, 2.24) is 10.4 Å². The van der Waals surface area contributed by atoms with E-state index in [0.29, 0.717) is 11.3 Å². The predicted octanol–water partition coefficient (Wildman–Crippen LogP) is 7.11. The van der Waals surface area contributed by atoms with Crippen molar-refractivity contribution >= 4 is 40.0 Å². The number of hydrogen-bond donors (Lipinski definition) is 2. The molecule has 0 spiro atoms. The summed E-state index contributed by atoms with van der Waals surface area (Å²) < 4.78 is 5.73. The average Bonchev–Trinajstić information content (AvgIpc) is 3.46. The van der Waals surface area contributed by atoms with Gasteiger partial charge in [-0.2, -0.15) is 5.10 Å². The van der Waals surface area contributed by atoms with E-state index >= 15 is 0 Å². The Balaban J connectivity index is 1.10. The maximum Gasteiger partial charge on any atom is 0.271 e. The van der Waals surface area contributed by atoms with Crippen LogP contribution in [0.1, 0.15) is 27.0 Å². The van der Waals surface area contributed by atoms with Crippen LogP contribution < -0.4 is 15.5 Å². The highest BCUT2D eigenvalue weighted by molar-refractivity contribution is 7.14. The van der Waals surface area contributed by atoms with Crippen LogP contribution in [0, 0.1) is 17.0 Å². The largest absolute Gasteiger partial charge is 0.489 e. The lowest BCUT2D eigenvalue weighted by atomic mass is 10.1. The summed E-state index contributed by atoms with van der Waals surface area (Å²) in [6, 6.07) is 28.7. The number of nitrogens with zero attached hydrogens (tertiary/aromatic N) is 3. The summed E-state index contributed by atoms with van der Waals surface area (Å²) >= 11 is 1.52. The topological polar surface area (TPSA) is 119 Å². The number of aromatic nitrogens is 1. The van der Waals surface area contributed by atoms with Crippen molar-refractivity contribution < 1.29 is 14.5 Å². The second-order valence-electron chi connectivity index (χ2n) is 9.09. The van der Waals surface area contributed by atoms with Gasteiger partial charge >= 0.3 is 0 Å². The molecule has 0 radical (unpaired) electrons. The van der Waals surface area contributed by atoms with Crippen LogP contribution >= 0.6 is 11.3 Å². The predicted molar refractivity (Wildman–Crippen MR) is 161 cm³/mol. The molecule has 0 fully saturated rings. The number of hydrogen-bond acceptors (Lipinski definition) is 8. The van der Waals surface area contributed by atoms with Crippen LogP contribution in [-0.4, -0.2) is 22.0 Å². The van der Waals surface area contributed by atoms with Crippen molar-refractivity contribution in [1.29, 1.82) is 0 Å². The van der Waals surface area contributed by atoms with Gasteiger partial charge in [0.1, 0.15) is 12.4 Å². The van der Waals surface area contributed by atoms with E-state index in [-0.39, 0.29) is 18.2 Å². The van der Waals surface area contributed by atoms with E-state index in [4.69, 9.17) is 4.74 Å². The fourth-order valence-electron chi connectivity index (χ4n) is 3.78. The minimum atomic E-state index is -0.437. The molecule has 0 aliphatic rings. The molecular weight excluding hydrogens is 538 g/mol. The first-order valence-electron chi connectivity index (χ1n) is 12.6. The van der Waals surface area contributed by atoms with Gasteiger partial charge in [-0.25, -0.2) is 10.4 Å². The molecule has 0 unspecified atom stereocenters. The second-order valence-corrected chi connectivity index (χ2v) is 9.94. The van der Waals surface area contributed by atoms with Crippen LogP contribution in [0.2, 0.25) is 0 Å². The molecule has 10 heteroatoms. The highest BCUT2D eigenvalue weighted by atomic mass is 32.1. The molecule has 1 aromatic heterocycles. The Labute approximate surface area is 240 Å². The van der Waals surface area contributed by atoms with Gasteiger partial charge < -0.3 is 10.1 Å². The van der Waals surface area contributed by atoms with Crippen LogP contribution in [0.5, 0.6) is 5.75 Å². The zero-order valence-electron chi connectivity index (χ0n) is 22.0. The molecule has 0 saturated heterocycles. The van der Waals surface area contributed by atoms with Gasteiger partial charge in [-0.15, -0.1) is 11.3 Å². The first kappa shape index (κ1) is 27.2. The smallest absolute Gasteiger partial charge is 0.271 e. The number of hydrazone groups is 1. The Morgan fingerprint density at radius 3 is 2.37 bits per heavy atom. The highest BCUT2D eigenvalue weighted by Crippen LogP contribution is 2.27. The van der Waals surface area contributed by atoms with Gasteiger partial charge in [0.2, 0.25) is 0 Å². The van der Waals surface area contributed by atoms with Crippen molar-refractivity contribution in [2.75, 3.05) is 5.32 Å². The van der Waals surface area contributed by atoms with Crippen molar-refractivity contribution in [3.8, 4) is 17.0 Å². The van der Waals surface area contributed by atoms with Gasteiger partial charge in [0.05, 0.1) is 16.8 Å². The van der Waals surface area contributed by atoms with E-state index in [1.807, 2.05) is 60.8 Å². The Kier molecular flexibility index (Phi) is 8.41. The Hall–Kier alpha value is -5.35. The van der Waals surface area contributed by atoms with Crippen LogP contribution in [0.25, 0.3) is 11.3 Å². The van der Waals surface area contributed by atoms with Crippen LogP contribution in [0.15, 0.2) is 108 Å². The number of non-ortho nitro benzene ring substituents is 1. The van der Waals surface area contributed by atoms with Gasteiger partial charge in [0.15, 0.2) is 5.13 Å². The molecule has 0 atom stereocenters. The van der Waals surface area contributed by atoms with E-state index in [1.165, 1.54) is 29.0 Å². The molecule has 1 heterocycles. The molecular formula is C31H25N5O4S. The van der Waals surface area contributed by atoms with Crippen LogP contribution in [0.4, 0.5) is 16.5 Å². The molecule has 5 rings (SSSR count). The molecule has 9 nitrogen and oxygen atoms in total. The molecule has 0 saturated carbocycles. The zero-order valence-corrected chi connectivity index (χ0v) is 22.8. The maximum atomic E-state index is 12.5. The van der Waals surface area contributed by atoms with Crippen molar-refractivity contribution in [3.05, 3.63) is 135 Å². The summed E-state index contributed by atoms with van der Waals surface area (Å²) in [6.45, 7) is 2.33. The highest BCUT2D eigenvalue weighted by Gasteiger charge is 2.09. The second kappa shape index (κ2) is 12.7. The fraction of sp³-hybridized carbons (Fsp3) is 0.0645. The van der Waals surface area contributed by atoms with Gasteiger partial charge in [-0.1, -0.05) is 29.8 Å². The molecule has 41 heavy (non-hydrogen) atoms. The normalized spacial score (nSPS) is 10.9. The zero-order chi connectivity index (χ0) is 28.6. The van der Waals surface area contributed by atoms with E-state index in [0.717, 1.165) is 33.2 Å². The number of carbonyl (C=O) groups is 1. The lowest BCUT2D eigenvalue weighted by Gasteiger charge is -2.06. The number of benzene rings is 4. The van der Waals surface area contributed by atoms with E-state index in [9.17, 15) is 14.9 Å². The SMILES string of the molecule is Cc1ccc(Nc2nc(-c3ccc(C(=O)N/N=C\c4ccc(OCc5ccc([N+](=O)[O-])cc5)cc4)cc3)cs2)cc1. The third-order valence-corrected chi connectivity index (χ3v) is 6.82. The molecule has 0 aliphatic heterocycles. The summed E-state index contributed by atoms with van der Waals surface area (Å²) in [6.07, 6.45) is 1.55. The lowest BCUT2D eigenvalue weighted by Crippen LogP contribution is -2.17. The van der Waals surface area contributed by atoms with Gasteiger partial charge in [0, 0.05) is 34.3 Å². The van der Waals surface area contributed by atoms with Crippen LogP contribution in [0.3, 0.4) is 0 Å². The van der Waals surface area contributed by atoms with Crippen molar-refractivity contribution in [3.63, 3.8) is 0 Å². The molecule has 1 amide bonds. The molecule has 4 aromatic carbocycles. The van der Waals surface area contributed by atoms with Crippen molar-refractivity contribution in [2.24, 2.45) is 5.10 Å².